The monoisotopic (exact) mass is 404 g/mol. The van der Waals surface area contributed by atoms with Crippen LogP contribution in [-0.4, -0.2) is 52.7 Å². The van der Waals surface area contributed by atoms with Crippen LogP contribution in [0.5, 0.6) is 0 Å². The SMILES string of the molecule is Cc1ccccc1SCC(=O)N1CCN(c2ccnc(-c3ccccc3)n2)CC1. The molecule has 1 saturated heterocycles. The zero-order valence-electron chi connectivity index (χ0n) is 16.5. The van der Waals surface area contributed by atoms with Crippen LogP contribution in [0.15, 0.2) is 71.8 Å². The Morgan fingerprint density at radius 3 is 2.45 bits per heavy atom. The lowest BCUT2D eigenvalue weighted by Crippen LogP contribution is -2.49. The van der Waals surface area contributed by atoms with Crippen molar-refractivity contribution < 1.29 is 4.79 Å². The molecule has 1 amide bonds. The van der Waals surface area contributed by atoms with Gasteiger partial charge in [-0.05, 0) is 24.6 Å². The standard InChI is InChI=1S/C23H24N4OS/c1-18-7-5-6-10-20(18)29-17-22(28)27-15-13-26(14-16-27)21-11-12-24-23(25-21)19-8-3-2-4-9-19/h2-12H,13-17H2,1H3. The second-order valence-corrected chi connectivity index (χ2v) is 8.04. The van der Waals surface area contributed by atoms with E-state index in [-0.39, 0.29) is 5.91 Å². The number of benzene rings is 2. The summed E-state index contributed by atoms with van der Waals surface area (Å²) in [6.07, 6.45) is 1.81. The number of hydrogen-bond acceptors (Lipinski definition) is 5. The maximum atomic E-state index is 12.6. The van der Waals surface area contributed by atoms with Crippen molar-refractivity contribution in [1.82, 2.24) is 14.9 Å². The van der Waals surface area contributed by atoms with Gasteiger partial charge in [0.2, 0.25) is 5.91 Å². The van der Waals surface area contributed by atoms with Crippen LogP contribution in [-0.2, 0) is 4.79 Å². The average molecular weight is 405 g/mol. The van der Waals surface area contributed by atoms with Gasteiger partial charge in [-0.1, -0.05) is 48.5 Å². The molecule has 0 saturated carbocycles. The van der Waals surface area contributed by atoms with Gasteiger partial charge in [0, 0.05) is 42.8 Å². The van der Waals surface area contributed by atoms with Crippen LogP contribution in [0.2, 0.25) is 0 Å². The largest absolute Gasteiger partial charge is 0.353 e. The van der Waals surface area contributed by atoms with Crippen LogP contribution < -0.4 is 4.90 Å². The summed E-state index contributed by atoms with van der Waals surface area (Å²) in [5.74, 6) is 2.33. The number of nitrogens with zero attached hydrogens (tertiary/aromatic N) is 4. The summed E-state index contributed by atoms with van der Waals surface area (Å²) in [5, 5.41) is 0. The fraction of sp³-hybridized carbons (Fsp3) is 0.261. The molecule has 0 bridgehead atoms. The number of hydrogen-bond donors (Lipinski definition) is 0. The van der Waals surface area contributed by atoms with Crippen molar-refractivity contribution in [2.45, 2.75) is 11.8 Å². The van der Waals surface area contributed by atoms with Gasteiger partial charge in [0.1, 0.15) is 5.82 Å². The highest BCUT2D eigenvalue weighted by atomic mass is 32.2. The molecule has 0 unspecified atom stereocenters. The van der Waals surface area contributed by atoms with Crippen molar-refractivity contribution in [2.24, 2.45) is 0 Å². The highest BCUT2D eigenvalue weighted by Gasteiger charge is 2.22. The summed E-state index contributed by atoms with van der Waals surface area (Å²) in [5.41, 5.74) is 2.23. The minimum Gasteiger partial charge on any atom is -0.353 e. The topological polar surface area (TPSA) is 49.3 Å². The number of rotatable bonds is 5. The molecule has 2 heterocycles. The average Bonchev–Trinajstić information content (AvgIpc) is 2.79. The summed E-state index contributed by atoms with van der Waals surface area (Å²) < 4.78 is 0. The lowest BCUT2D eigenvalue weighted by Gasteiger charge is -2.35. The van der Waals surface area contributed by atoms with Gasteiger partial charge in [-0.3, -0.25) is 4.79 Å². The van der Waals surface area contributed by atoms with Gasteiger partial charge in [0.05, 0.1) is 5.75 Å². The van der Waals surface area contributed by atoms with Crippen molar-refractivity contribution in [2.75, 3.05) is 36.8 Å². The Labute approximate surface area is 175 Å². The summed E-state index contributed by atoms with van der Waals surface area (Å²) in [4.78, 5) is 27.1. The lowest BCUT2D eigenvalue weighted by atomic mass is 10.2. The predicted octanol–water partition coefficient (Wildman–Crippen LogP) is 3.89. The predicted molar refractivity (Wildman–Crippen MR) is 118 cm³/mol. The zero-order chi connectivity index (χ0) is 20.1. The van der Waals surface area contributed by atoms with E-state index >= 15 is 0 Å². The number of carbonyl (C=O) groups is 1. The third-order valence-corrected chi connectivity index (χ3v) is 6.23. The summed E-state index contributed by atoms with van der Waals surface area (Å²) >= 11 is 1.62. The van der Waals surface area contributed by atoms with E-state index in [0.717, 1.165) is 43.4 Å². The molecule has 1 aromatic heterocycles. The Morgan fingerprint density at radius 2 is 1.69 bits per heavy atom. The molecule has 1 fully saturated rings. The Bertz CT molecular complexity index is 971. The van der Waals surface area contributed by atoms with Crippen molar-refractivity contribution in [3.05, 3.63) is 72.4 Å². The molecule has 6 heteroatoms. The van der Waals surface area contributed by atoms with Crippen LogP contribution in [0, 0.1) is 6.92 Å². The molecule has 0 N–H and O–H groups in total. The number of anilines is 1. The number of carbonyl (C=O) groups excluding carboxylic acids is 1. The molecule has 5 nitrogen and oxygen atoms in total. The van der Waals surface area contributed by atoms with Gasteiger partial charge in [-0.15, -0.1) is 11.8 Å². The molecular formula is C23H24N4OS. The minimum absolute atomic E-state index is 0.200. The van der Waals surface area contributed by atoms with E-state index in [0.29, 0.717) is 5.75 Å². The minimum atomic E-state index is 0.200. The molecule has 4 rings (SSSR count). The molecule has 148 valence electrons. The molecule has 2 aromatic carbocycles. The summed E-state index contributed by atoms with van der Waals surface area (Å²) in [6, 6.07) is 20.1. The van der Waals surface area contributed by atoms with Crippen LogP contribution >= 0.6 is 11.8 Å². The zero-order valence-corrected chi connectivity index (χ0v) is 17.3. The maximum absolute atomic E-state index is 12.6. The fourth-order valence-electron chi connectivity index (χ4n) is 3.39. The van der Waals surface area contributed by atoms with E-state index < -0.39 is 0 Å². The van der Waals surface area contributed by atoms with E-state index in [1.807, 2.05) is 53.4 Å². The Kier molecular flexibility index (Phi) is 6.10. The lowest BCUT2D eigenvalue weighted by molar-refractivity contribution is -0.128. The van der Waals surface area contributed by atoms with Crippen LogP contribution in [0.4, 0.5) is 5.82 Å². The molecule has 0 aliphatic carbocycles. The van der Waals surface area contributed by atoms with Crippen LogP contribution in [0.25, 0.3) is 11.4 Å². The van der Waals surface area contributed by atoms with Crippen molar-refractivity contribution in [3.8, 4) is 11.4 Å². The van der Waals surface area contributed by atoms with Gasteiger partial charge in [0.15, 0.2) is 5.82 Å². The number of aromatic nitrogens is 2. The van der Waals surface area contributed by atoms with E-state index in [4.69, 9.17) is 4.98 Å². The van der Waals surface area contributed by atoms with Gasteiger partial charge >= 0.3 is 0 Å². The Hall–Kier alpha value is -2.86. The summed E-state index contributed by atoms with van der Waals surface area (Å²) in [7, 11) is 0. The van der Waals surface area contributed by atoms with Gasteiger partial charge in [-0.25, -0.2) is 9.97 Å². The van der Waals surface area contributed by atoms with Gasteiger partial charge < -0.3 is 9.80 Å². The Balaban J connectivity index is 1.34. The molecule has 1 aliphatic heterocycles. The quantitative estimate of drug-likeness (QED) is 0.604. The van der Waals surface area contributed by atoms with E-state index in [9.17, 15) is 4.79 Å². The van der Waals surface area contributed by atoms with Crippen LogP contribution in [0.1, 0.15) is 5.56 Å². The first kappa shape index (κ1) is 19.5. The molecule has 3 aromatic rings. The number of thioether (sulfide) groups is 1. The maximum Gasteiger partial charge on any atom is 0.233 e. The number of amides is 1. The second kappa shape index (κ2) is 9.09. The van der Waals surface area contributed by atoms with Gasteiger partial charge in [0.25, 0.3) is 0 Å². The molecule has 0 spiro atoms. The first-order chi connectivity index (χ1) is 14.2. The normalized spacial score (nSPS) is 14.1. The van der Waals surface area contributed by atoms with Crippen molar-refractivity contribution in [1.29, 1.82) is 0 Å². The van der Waals surface area contributed by atoms with Crippen molar-refractivity contribution in [3.63, 3.8) is 0 Å². The second-order valence-electron chi connectivity index (χ2n) is 7.03. The highest BCUT2D eigenvalue weighted by Crippen LogP contribution is 2.23. The van der Waals surface area contributed by atoms with E-state index in [1.54, 1.807) is 18.0 Å². The summed E-state index contributed by atoms with van der Waals surface area (Å²) in [6.45, 7) is 5.09. The Morgan fingerprint density at radius 1 is 0.966 bits per heavy atom. The van der Waals surface area contributed by atoms with E-state index in [1.165, 1.54) is 10.5 Å². The highest BCUT2D eigenvalue weighted by molar-refractivity contribution is 8.00. The van der Waals surface area contributed by atoms with Gasteiger partial charge in [-0.2, -0.15) is 0 Å². The third-order valence-electron chi connectivity index (χ3n) is 5.07. The van der Waals surface area contributed by atoms with Crippen molar-refractivity contribution >= 4 is 23.5 Å². The molecule has 1 aliphatic rings. The van der Waals surface area contributed by atoms with E-state index in [2.05, 4.69) is 28.9 Å². The molecule has 29 heavy (non-hydrogen) atoms. The molecular weight excluding hydrogens is 380 g/mol. The smallest absolute Gasteiger partial charge is 0.233 e. The number of piperazine rings is 1. The fourth-order valence-corrected chi connectivity index (χ4v) is 4.32. The third kappa shape index (κ3) is 4.77. The van der Waals surface area contributed by atoms with Crippen LogP contribution in [0.3, 0.4) is 0 Å². The number of aryl methyl sites for hydroxylation is 1. The first-order valence-electron chi connectivity index (χ1n) is 9.80. The molecule has 0 atom stereocenters. The molecule has 0 radical (unpaired) electrons. The first-order valence-corrected chi connectivity index (χ1v) is 10.8.